The number of hydrogen-bond donors (Lipinski definition) is 5. The summed E-state index contributed by atoms with van der Waals surface area (Å²) in [6.07, 6.45) is 5.18. The van der Waals surface area contributed by atoms with E-state index in [1.807, 2.05) is 84.1 Å². The third-order valence-electron chi connectivity index (χ3n) is 12.1. The van der Waals surface area contributed by atoms with Gasteiger partial charge in [-0.3, -0.25) is 28.9 Å². The average Bonchev–Trinajstić information content (AvgIpc) is 3.71. The van der Waals surface area contributed by atoms with Gasteiger partial charge in [-0.1, -0.05) is 66.5 Å². The lowest BCUT2D eigenvalue weighted by Crippen LogP contribution is -2.59. The number of amides is 3. The molecule has 1 saturated heterocycles. The Balaban J connectivity index is 1.88. The molecular formula is C47H78N6O9SSi. The van der Waals surface area contributed by atoms with Crippen LogP contribution in [-0.4, -0.2) is 114 Å². The van der Waals surface area contributed by atoms with Gasteiger partial charge in [0, 0.05) is 56.2 Å². The van der Waals surface area contributed by atoms with Gasteiger partial charge >= 0.3 is 11.9 Å². The van der Waals surface area contributed by atoms with Crippen molar-refractivity contribution in [1.82, 2.24) is 30.7 Å². The Bertz CT molecular complexity index is 1770. The second-order valence-electron chi connectivity index (χ2n) is 18.7. The topological polar surface area (TPSA) is 200 Å². The van der Waals surface area contributed by atoms with Crippen molar-refractivity contribution in [3.05, 3.63) is 45.9 Å². The zero-order chi connectivity index (χ0) is 47.6. The molecule has 15 nitrogen and oxygen atoms in total. The van der Waals surface area contributed by atoms with E-state index in [4.69, 9.17) is 14.5 Å². The number of carbonyl (C=O) groups is 5. The van der Waals surface area contributed by atoms with E-state index in [2.05, 4.69) is 16.0 Å². The third kappa shape index (κ3) is 18.5. The van der Waals surface area contributed by atoms with E-state index in [1.165, 1.54) is 23.2 Å². The smallest absolute Gasteiger partial charge is 0.307 e. The predicted octanol–water partition coefficient (Wildman–Crippen LogP) is 6.44. The molecule has 0 bridgehead atoms. The second kappa shape index (κ2) is 26.9. The molecule has 1 aliphatic heterocycles. The van der Waals surface area contributed by atoms with Gasteiger partial charge in [0.15, 0.2) is 21.2 Å². The van der Waals surface area contributed by atoms with Crippen LogP contribution in [0.25, 0.3) is 0 Å². The number of carbonyl (C=O) groups excluding carboxylic acids is 5. The maximum absolute atomic E-state index is 14.9. The summed E-state index contributed by atoms with van der Waals surface area (Å²) in [7, 11) is -0.269. The summed E-state index contributed by atoms with van der Waals surface area (Å²) in [6.45, 7) is 18.0. The SMILES string of the molecule is CCCC(=O)OCN(C(=O)[C@H](NC(=O)[C@@H]1CCCCN1C)C(C)CC)[C@@H](C[C@H](OC(C)=O)c1nc(CN[C@H](Cc2ccc(O)cc2)C[C@@H](C)C(=O)NCCC[Si](C)(C)O)cs1)C(C)C. The molecule has 1 fully saturated rings. The Morgan fingerprint density at radius 2 is 1.75 bits per heavy atom. The van der Waals surface area contributed by atoms with Gasteiger partial charge in [-0.05, 0) is 101 Å². The van der Waals surface area contributed by atoms with Crippen LogP contribution in [0.15, 0.2) is 29.6 Å². The van der Waals surface area contributed by atoms with Gasteiger partial charge in [-0.15, -0.1) is 11.3 Å². The average molecular weight is 931 g/mol. The second-order valence-corrected chi connectivity index (χ2v) is 23.7. The van der Waals surface area contributed by atoms with Crippen molar-refractivity contribution in [2.45, 2.75) is 169 Å². The van der Waals surface area contributed by atoms with E-state index in [0.29, 0.717) is 61.9 Å². The minimum atomic E-state index is -2.20. The molecule has 0 radical (unpaired) electrons. The standard InChI is InChI=1S/C47H78N6O9SSi/c1-11-16-42(56)61-30-53(47(59)43(32(5)12-2)51-45(58)39-17-13-14-23-52(39)8)40(31(3)4)27-41(62-34(7)54)46-50-37(29-63-46)28-49-36(26-35-18-20-38(55)21-19-35)25-33(6)44(57)48-22-15-24-64(9,10)60/h18-21,29,31-33,36,39-41,43,49,55,60H,11-17,22-28,30H2,1-10H3,(H,48,57)(H,51,58)/t32?,33-,36+,39+,40+,41+,43-/m1/s1. The summed E-state index contributed by atoms with van der Waals surface area (Å²) in [5.74, 6) is -2.14. The summed E-state index contributed by atoms with van der Waals surface area (Å²) in [4.78, 5) is 85.9. The van der Waals surface area contributed by atoms with Gasteiger partial charge in [0.1, 0.15) is 16.8 Å². The normalized spacial score (nSPS) is 17.4. The van der Waals surface area contributed by atoms with Gasteiger partial charge < -0.3 is 40.2 Å². The Morgan fingerprint density at radius 1 is 1.05 bits per heavy atom. The highest BCUT2D eigenvalue weighted by Crippen LogP contribution is 2.32. The summed E-state index contributed by atoms with van der Waals surface area (Å²) < 4.78 is 11.7. The van der Waals surface area contributed by atoms with Gasteiger partial charge in [0.25, 0.3) is 0 Å². The van der Waals surface area contributed by atoms with Gasteiger partial charge in [-0.25, -0.2) is 4.98 Å². The van der Waals surface area contributed by atoms with Crippen molar-refractivity contribution in [2.24, 2.45) is 17.8 Å². The van der Waals surface area contributed by atoms with Crippen molar-refractivity contribution >= 4 is 49.3 Å². The molecule has 5 N–H and O–H groups in total. The fraction of sp³-hybridized carbons (Fsp3) is 0.702. The lowest BCUT2D eigenvalue weighted by molar-refractivity contribution is -0.160. The number of piperidine rings is 1. The van der Waals surface area contributed by atoms with E-state index in [-0.39, 0.29) is 72.9 Å². The summed E-state index contributed by atoms with van der Waals surface area (Å²) in [5, 5.41) is 22.0. The largest absolute Gasteiger partial charge is 0.508 e. The van der Waals surface area contributed by atoms with E-state index < -0.39 is 38.4 Å². The molecule has 1 unspecified atom stereocenters. The number of phenolic OH excluding ortho intramolecular Hbond substituents is 1. The number of nitrogens with one attached hydrogen (secondary N) is 3. The van der Waals surface area contributed by atoms with E-state index in [9.17, 15) is 33.9 Å². The first kappa shape index (κ1) is 54.4. The Hall–Kier alpha value is -3.90. The van der Waals surface area contributed by atoms with Crippen LogP contribution in [0, 0.1) is 17.8 Å². The molecule has 2 heterocycles. The number of phenols is 1. The first-order valence-electron chi connectivity index (χ1n) is 23.3. The number of esters is 2. The lowest BCUT2D eigenvalue weighted by Gasteiger charge is -2.39. The minimum Gasteiger partial charge on any atom is -0.508 e. The third-order valence-corrected chi connectivity index (χ3v) is 14.6. The van der Waals surface area contributed by atoms with E-state index in [1.54, 1.807) is 12.1 Å². The predicted molar refractivity (Wildman–Crippen MR) is 253 cm³/mol. The number of benzene rings is 1. The molecule has 3 amide bonds. The number of likely N-dealkylation sites (tertiary alicyclic amines) is 1. The van der Waals surface area contributed by atoms with Gasteiger partial charge in [0.05, 0.1) is 11.7 Å². The molecule has 1 aliphatic rings. The summed E-state index contributed by atoms with van der Waals surface area (Å²) in [6, 6.07) is 5.75. The Labute approximate surface area is 387 Å². The molecule has 3 rings (SSSR count). The van der Waals surface area contributed by atoms with Crippen LogP contribution in [0.1, 0.15) is 129 Å². The molecule has 2 aromatic rings. The number of likely N-dealkylation sites (N-methyl/N-ethyl adjacent to an activating group) is 1. The highest BCUT2D eigenvalue weighted by Gasteiger charge is 2.39. The van der Waals surface area contributed by atoms with Crippen LogP contribution in [0.5, 0.6) is 5.75 Å². The summed E-state index contributed by atoms with van der Waals surface area (Å²) in [5.41, 5.74) is 1.69. The van der Waals surface area contributed by atoms with Crippen molar-refractivity contribution in [2.75, 3.05) is 26.9 Å². The maximum Gasteiger partial charge on any atom is 0.307 e. The van der Waals surface area contributed by atoms with Crippen LogP contribution in [0.4, 0.5) is 0 Å². The molecular weight excluding hydrogens is 853 g/mol. The molecule has 0 spiro atoms. The molecule has 1 aromatic heterocycles. The fourth-order valence-corrected chi connectivity index (χ4v) is 9.93. The van der Waals surface area contributed by atoms with Crippen molar-refractivity contribution < 1.29 is 43.3 Å². The maximum atomic E-state index is 14.9. The number of thiazole rings is 1. The summed E-state index contributed by atoms with van der Waals surface area (Å²) >= 11 is 1.34. The lowest BCUT2D eigenvalue weighted by atomic mass is 9.92. The zero-order valence-electron chi connectivity index (χ0n) is 40.1. The van der Waals surface area contributed by atoms with Crippen LogP contribution in [0.2, 0.25) is 19.1 Å². The first-order valence-corrected chi connectivity index (χ1v) is 27.4. The van der Waals surface area contributed by atoms with Crippen molar-refractivity contribution in [3.8, 4) is 5.75 Å². The zero-order valence-corrected chi connectivity index (χ0v) is 41.9. The highest BCUT2D eigenvalue weighted by atomic mass is 32.1. The van der Waals surface area contributed by atoms with Crippen molar-refractivity contribution in [1.29, 1.82) is 0 Å². The molecule has 0 saturated carbocycles. The van der Waals surface area contributed by atoms with E-state index >= 15 is 0 Å². The van der Waals surface area contributed by atoms with E-state index in [0.717, 1.165) is 31.4 Å². The number of hydrogen-bond acceptors (Lipinski definition) is 13. The van der Waals surface area contributed by atoms with Crippen molar-refractivity contribution in [3.63, 3.8) is 0 Å². The molecule has 7 atom stereocenters. The van der Waals surface area contributed by atoms with Gasteiger partial charge in [0.2, 0.25) is 17.7 Å². The molecule has 64 heavy (non-hydrogen) atoms. The molecule has 360 valence electrons. The molecule has 0 aliphatic carbocycles. The fourth-order valence-electron chi connectivity index (χ4n) is 8.03. The Morgan fingerprint density at radius 3 is 2.36 bits per heavy atom. The number of aromatic hydroxyl groups is 1. The van der Waals surface area contributed by atoms with Crippen LogP contribution < -0.4 is 16.0 Å². The minimum absolute atomic E-state index is 0.0582. The van der Waals surface area contributed by atoms with Gasteiger partial charge in [-0.2, -0.15) is 0 Å². The molecule has 17 heteroatoms. The number of nitrogens with zero attached hydrogens (tertiary/aromatic N) is 3. The first-order chi connectivity index (χ1) is 30.2. The number of ether oxygens (including phenoxy) is 2. The quantitative estimate of drug-likeness (QED) is 0.0285. The van der Waals surface area contributed by atoms with Crippen LogP contribution in [0.3, 0.4) is 0 Å². The number of rotatable bonds is 27. The monoisotopic (exact) mass is 931 g/mol. The van der Waals surface area contributed by atoms with Crippen LogP contribution in [-0.2, 0) is 46.4 Å². The molecule has 1 aromatic carbocycles. The highest BCUT2D eigenvalue weighted by molar-refractivity contribution is 7.09. The number of aromatic nitrogens is 1. The Kier molecular flexibility index (Phi) is 22.9. The van der Waals surface area contributed by atoms with Crippen LogP contribution >= 0.6 is 11.3 Å².